The van der Waals surface area contributed by atoms with Crippen LogP contribution in [0.3, 0.4) is 0 Å². The van der Waals surface area contributed by atoms with E-state index in [9.17, 15) is 15.0 Å². The zero-order chi connectivity index (χ0) is 19.1. The van der Waals surface area contributed by atoms with E-state index in [2.05, 4.69) is 20.8 Å². The topological polar surface area (TPSA) is 76.0 Å². The first kappa shape index (κ1) is 18.3. The smallest absolute Gasteiger partial charge is 0.287 e. The van der Waals surface area contributed by atoms with Gasteiger partial charge in [0.2, 0.25) is 0 Å². The quantitative estimate of drug-likeness (QED) is 0.691. The molecule has 2 aliphatic carbocycles. The Bertz CT molecular complexity index is 667. The lowest BCUT2D eigenvalue weighted by atomic mass is 9.43. The lowest BCUT2D eigenvalue weighted by molar-refractivity contribution is -0.264. The summed E-state index contributed by atoms with van der Waals surface area (Å²) in [6, 6.07) is 0. The second kappa shape index (κ2) is 5.48. The zero-order valence-electron chi connectivity index (χ0n) is 16.5. The molecule has 4 aliphatic rings. The number of Topliss-reactive ketones (excluding diaryl/α,β-unsaturated/α-hetero) is 1. The van der Waals surface area contributed by atoms with E-state index in [1.165, 1.54) is 0 Å². The van der Waals surface area contributed by atoms with E-state index >= 15 is 0 Å². The first-order valence-corrected chi connectivity index (χ1v) is 9.98. The fourth-order valence-electron chi connectivity index (χ4n) is 6.47. The van der Waals surface area contributed by atoms with Crippen LogP contribution < -0.4 is 0 Å². The van der Waals surface area contributed by atoms with Crippen LogP contribution in [0.4, 0.5) is 0 Å². The molecular weight excluding hydrogens is 332 g/mol. The Kier molecular flexibility index (Phi) is 3.86. The molecule has 5 nitrogen and oxygen atoms in total. The number of rotatable bonds is 0. The third-order valence-electron chi connectivity index (χ3n) is 8.20. The molecule has 4 rings (SSSR count). The van der Waals surface area contributed by atoms with E-state index in [4.69, 9.17) is 9.47 Å². The van der Waals surface area contributed by atoms with E-state index in [0.717, 1.165) is 12.8 Å². The van der Waals surface area contributed by atoms with Gasteiger partial charge in [-0.05, 0) is 56.3 Å². The normalized spacial score (nSPS) is 50.1. The maximum atomic E-state index is 12.6. The molecule has 7 atom stereocenters. The minimum Gasteiger partial charge on any atom is -0.462 e. The Balaban J connectivity index is 1.78. The van der Waals surface area contributed by atoms with Gasteiger partial charge in [0.15, 0.2) is 5.78 Å². The molecule has 26 heavy (non-hydrogen) atoms. The number of carbonyl (C=O) groups is 1. The number of ketones is 1. The molecule has 0 radical (unpaired) electrons. The SMILES string of the molecule is C[C@@H]1CC(=O)C2=C(O1)O[C@]1(C)[C@H](O)C[C@@H]3C(C)(C)[C@H](O)CC[C@]3(C)[C@@H]1C2. The summed E-state index contributed by atoms with van der Waals surface area (Å²) in [6.45, 7) is 10.3. The Hall–Kier alpha value is -1.07. The van der Waals surface area contributed by atoms with Crippen molar-refractivity contribution >= 4 is 5.78 Å². The van der Waals surface area contributed by atoms with E-state index in [1.54, 1.807) is 0 Å². The number of hydrogen-bond donors (Lipinski definition) is 2. The summed E-state index contributed by atoms with van der Waals surface area (Å²) >= 11 is 0. The predicted molar refractivity (Wildman–Crippen MR) is 96.0 cm³/mol. The van der Waals surface area contributed by atoms with Gasteiger partial charge in [-0.25, -0.2) is 0 Å². The van der Waals surface area contributed by atoms with Crippen LogP contribution in [0, 0.1) is 22.7 Å². The molecule has 2 fully saturated rings. The summed E-state index contributed by atoms with van der Waals surface area (Å²) < 4.78 is 12.1. The minimum absolute atomic E-state index is 0.0234. The summed E-state index contributed by atoms with van der Waals surface area (Å²) in [5.41, 5.74) is -0.479. The highest BCUT2D eigenvalue weighted by atomic mass is 16.7. The molecule has 0 aromatic carbocycles. The average Bonchev–Trinajstić information content (AvgIpc) is 2.53. The maximum Gasteiger partial charge on any atom is 0.287 e. The predicted octanol–water partition coefficient (Wildman–Crippen LogP) is 2.94. The molecule has 0 spiro atoms. The van der Waals surface area contributed by atoms with Crippen molar-refractivity contribution in [1.82, 2.24) is 0 Å². The van der Waals surface area contributed by atoms with Gasteiger partial charge in [-0.15, -0.1) is 0 Å². The molecule has 2 heterocycles. The van der Waals surface area contributed by atoms with Gasteiger partial charge in [-0.1, -0.05) is 20.8 Å². The van der Waals surface area contributed by atoms with Crippen LogP contribution in [-0.4, -0.2) is 39.9 Å². The van der Waals surface area contributed by atoms with Crippen LogP contribution in [-0.2, 0) is 14.3 Å². The van der Waals surface area contributed by atoms with Crippen LogP contribution in [0.25, 0.3) is 0 Å². The van der Waals surface area contributed by atoms with Gasteiger partial charge in [0, 0.05) is 12.3 Å². The average molecular weight is 364 g/mol. The van der Waals surface area contributed by atoms with Crippen molar-refractivity contribution in [2.24, 2.45) is 22.7 Å². The number of hydrogen-bond acceptors (Lipinski definition) is 5. The van der Waals surface area contributed by atoms with Gasteiger partial charge in [-0.3, -0.25) is 4.79 Å². The summed E-state index contributed by atoms with van der Waals surface area (Å²) in [7, 11) is 0. The Labute approximate surface area is 155 Å². The maximum absolute atomic E-state index is 12.6. The first-order chi connectivity index (χ1) is 12.0. The van der Waals surface area contributed by atoms with Gasteiger partial charge in [-0.2, -0.15) is 0 Å². The molecule has 2 N–H and O–H groups in total. The lowest BCUT2D eigenvalue weighted by Gasteiger charge is -2.65. The zero-order valence-corrected chi connectivity index (χ0v) is 16.5. The number of allylic oxidation sites excluding steroid dienone is 1. The Morgan fingerprint density at radius 2 is 1.73 bits per heavy atom. The standard InChI is InChI=1S/C21H32O5/c1-11-8-13(22)12-9-15-20(4)7-6-16(23)19(2,3)14(20)10-17(24)21(15,5)26-18(12)25-11/h11,14-17,23-24H,6-10H2,1-5H3/t11-,14-,15+,16-,17-,20+,21+/m1/s1. The first-order valence-electron chi connectivity index (χ1n) is 9.98. The Morgan fingerprint density at radius 3 is 2.42 bits per heavy atom. The summed E-state index contributed by atoms with van der Waals surface area (Å²) in [5.74, 6) is 0.645. The van der Waals surface area contributed by atoms with E-state index < -0.39 is 11.7 Å². The van der Waals surface area contributed by atoms with Crippen molar-refractivity contribution in [1.29, 1.82) is 0 Å². The fraction of sp³-hybridized carbons (Fsp3) is 0.857. The largest absolute Gasteiger partial charge is 0.462 e. The molecule has 0 bridgehead atoms. The van der Waals surface area contributed by atoms with Crippen molar-refractivity contribution in [3.05, 3.63) is 11.5 Å². The van der Waals surface area contributed by atoms with Crippen molar-refractivity contribution in [3.63, 3.8) is 0 Å². The number of ether oxygens (including phenoxy) is 2. The van der Waals surface area contributed by atoms with Crippen molar-refractivity contribution < 1.29 is 24.5 Å². The second-order valence-corrected chi connectivity index (χ2v) is 10.1. The van der Waals surface area contributed by atoms with Crippen molar-refractivity contribution in [3.8, 4) is 0 Å². The molecule has 0 amide bonds. The summed E-state index contributed by atoms with van der Waals surface area (Å²) in [6.07, 6.45) is 2.00. The third kappa shape index (κ3) is 2.26. The van der Waals surface area contributed by atoms with Gasteiger partial charge < -0.3 is 19.7 Å². The summed E-state index contributed by atoms with van der Waals surface area (Å²) in [4.78, 5) is 12.6. The molecule has 2 saturated carbocycles. The summed E-state index contributed by atoms with van der Waals surface area (Å²) in [5, 5.41) is 21.7. The van der Waals surface area contributed by atoms with Gasteiger partial charge in [0.25, 0.3) is 5.95 Å². The minimum atomic E-state index is -0.764. The lowest BCUT2D eigenvalue weighted by Crippen LogP contribution is -2.67. The third-order valence-corrected chi connectivity index (χ3v) is 8.20. The van der Waals surface area contributed by atoms with Gasteiger partial charge >= 0.3 is 0 Å². The molecule has 0 aromatic heterocycles. The van der Waals surface area contributed by atoms with Crippen LogP contribution in [0.2, 0.25) is 0 Å². The Morgan fingerprint density at radius 1 is 1.04 bits per heavy atom. The highest BCUT2D eigenvalue weighted by Crippen LogP contribution is 2.65. The molecule has 146 valence electrons. The van der Waals surface area contributed by atoms with Crippen LogP contribution in [0.1, 0.15) is 66.7 Å². The molecule has 0 saturated heterocycles. The fourth-order valence-corrected chi connectivity index (χ4v) is 6.47. The number of aliphatic hydroxyl groups is 2. The van der Waals surface area contributed by atoms with Gasteiger partial charge in [0.1, 0.15) is 11.7 Å². The van der Waals surface area contributed by atoms with E-state index in [1.807, 2.05) is 13.8 Å². The molecule has 0 aromatic rings. The number of carbonyl (C=O) groups excluding carboxylic acids is 1. The molecule has 2 aliphatic heterocycles. The molecule has 5 heteroatoms. The van der Waals surface area contributed by atoms with E-state index in [-0.39, 0.29) is 40.7 Å². The van der Waals surface area contributed by atoms with Crippen LogP contribution >= 0.6 is 0 Å². The monoisotopic (exact) mass is 364 g/mol. The number of aliphatic hydroxyl groups excluding tert-OH is 2. The second-order valence-electron chi connectivity index (χ2n) is 10.1. The highest BCUT2D eigenvalue weighted by Gasteiger charge is 2.66. The van der Waals surface area contributed by atoms with Crippen molar-refractivity contribution in [2.45, 2.75) is 90.6 Å². The highest BCUT2D eigenvalue weighted by molar-refractivity contribution is 5.96. The van der Waals surface area contributed by atoms with Crippen molar-refractivity contribution in [2.75, 3.05) is 0 Å². The molecule has 0 unspecified atom stereocenters. The van der Waals surface area contributed by atoms with Gasteiger partial charge in [0.05, 0.1) is 17.8 Å². The van der Waals surface area contributed by atoms with E-state index in [0.29, 0.717) is 30.8 Å². The van der Waals surface area contributed by atoms with Crippen LogP contribution in [0.15, 0.2) is 11.5 Å². The molecular formula is C21H32O5. The number of fused-ring (bicyclic) bond motifs is 3. The van der Waals surface area contributed by atoms with Crippen LogP contribution in [0.5, 0.6) is 0 Å².